The molecule has 2 aromatic carbocycles. The van der Waals surface area contributed by atoms with Crippen molar-refractivity contribution < 1.29 is 9.53 Å². The number of morpholine rings is 1. The van der Waals surface area contributed by atoms with Crippen molar-refractivity contribution in [2.24, 2.45) is 0 Å². The Morgan fingerprint density at radius 1 is 1.12 bits per heavy atom. The summed E-state index contributed by atoms with van der Waals surface area (Å²) >= 11 is 0. The molecule has 1 aliphatic rings. The highest BCUT2D eigenvalue weighted by molar-refractivity contribution is 5.88. The Kier molecular flexibility index (Phi) is 5.62. The van der Waals surface area contributed by atoms with E-state index in [0.29, 0.717) is 0 Å². The van der Waals surface area contributed by atoms with Crippen molar-refractivity contribution in [1.29, 1.82) is 0 Å². The molecule has 1 atom stereocenters. The Hall–Kier alpha value is -2.17. The average Bonchev–Trinajstić information content (AvgIpc) is 2.57. The third-order valence-electron chi connectivity index (χ3n) is 4.21. The molecule has 0 aromatic heterocycles. The van der Waals surface area contributed by atoms with E-state index in [9.17, 15) is 4.79 Å². The van der Waals surface area contributed by atoms with E-state index in [2.05, 4.69) is 46.6 Å². The smallest absolute Gasteiger partial charge is 0.221 e. The lowest BCUT2D eigenvalue weighted by Gasteiger charge is -2.33. The zero-order valence-corrected chi connectivity index (χ0v) is 14.1. The molecule has 24 heavy (non-hydrogen) atoms. The van der Waals surface area contributed by atoms with Crippen LogP contribution in [0.1, 0.15) is 18.1 Å². The zero-order chi connectivity index (χ0) is 16.8. The molecule has 126 valence electrons. The van der Waals surface area contributed by atoms with Crippen LogP contribution in [0.4, 0.5) is 5.69 Å². The number of nitrogens with one attached hydrogen (secondary N) is 1. The summed E-state index contributed by atoms with van der Waals surface area (Å²) in [6.07, 6.45) is 1.21. The molecule has 0 spiro atoms. The number of nitrogens with zero attached hydrogens (tertiary/aromatic N) is 1. The summed E-state index contributed by atoms with van der Waals surface area (Å²) in [4.78, 5) is 13.5. The molecule has 1 fully saturated rings. The number of hydrogen-bond acceptors (Lipinski definition) is 3. The van der Waals surface area contributed by atoms with E-state index in [1.54, 1.807) is 0 Å². The molecule has 4 nitrogen and oxygen atoms in total. The summed E-state index contributed by atoms with van der Waals surface area (Å²) in [5, 5.41) is 2.80. The van der Waals surface area contributed by atoms with Gasteiger partial charge < -0.3 is 10.1 Å². The molecule has 1 saturated heterocycles. The Bertz CT molecular complexity index is 655. The van der Waals surface area contributed by atoms with Gasteiger partial charge in [-0.1, -0.05) is 42.5 Å². The Morgan fingerprint density at radius 2 is 1.88 bits per heavy atom. The summed E-state index contributed by atoms with van der Waals surface area (Å²) in [5.74, 6) is -0.0420. The molecule has 2 aromatic rings. The van der Waals surface area contributed by atoms with Gasteiger partial charge in [0.2, 0.25) is 5.91 Å². The molecule has 0 saturated carbocycles. The molecular weight excluding hydrogens is 300 g/mol. The maximum absolute atomic E-state index is 11.1. The monoisotopic (exact) mass is 324 g/mol. The van der Waals surface area contributed by atoms with E-state index < -0.39 is 0 Å². The fourth-order valence-corrected chi connectivity index (χ4v) is 3.08. The molecule has 3 rings (SSSR count). The highest BCUT2D eigenvalue weighted by Gasteiger charge is 2.20. The second kappa shape index (κ2) is 8.08. The van der Waals surface area contributed by atoms with Crippen molar-refractivity contribution in [3.8, 4) is 0 Å². The summed E-state index contributed by atoms with van der Waals surface area (Å²) in [5.41, 5.74) is 3.42. The van der Waals surface area contributed by atoms with Crippen molar-refractivity contribution in [1.82, 2.24) is 4.90 Å². The minimum Gasteiger partial charge on any atom is -0.375 e. The van der Waals surface area contributed by atoms with E-state index in [4.69, 9.17) is 4.74 Å². The normalized spacial score (nSPS) is 18.3. The van der Waals surface area contributed by atoms with Crippen LogP contribution in [0.3, 0.4) is 0 Å². The van der Waals surface area contributed by atoms with Gasteiger partial charge in [-0.3, -0.25) is 9.69 Å². The van der Waals surface area contributed by atoms with Crippen LogP contribution in [0.25, 0.3) is 0 Å². The highest BCUT2D eigenvalue weighted by Crippen LogP contribution is 2.16. The summed E-state index contributed by atoms with van der Waals surface area (Å²) in [6.45, 7) is 5.12. The first-order chi connectivity index (χ1) is 11.7. The standard InChI is InChI=1S/C20H24N2O2/c1-16(23)21-19-9-7-18(8-10-19)14-22-11-12-24-20(15-22)13-17-5-3-2-4-6-17/h2-10,20H,11-15H2,1H3,(H,21,23)/t20-/m1/s1. The SMILES string of the molecule is CC(=O)Nc1ccc(CN2CCO[C@H](Cc3ccccc3)C2)cc1. The lowest BCUT2D eigenvalue weighted by molar-refractivity contribution is -0.114. The van der Waals surface area contributed by atoms with Crippen LogP contribution in [-0.4, -0.2) is 36.6 Å². The maximum atomic E-state index is 11.1. The average molecular weight is 324 g/mol. The molecule has 0 unspecified atom stereocenters. The van der Waals surface area contributed by atoms with Gasteiger partial charge in [0.1, 0.15) is 0 Å². The van der Waals surface area contributed by atoms with Crippen LogP contribution in [0.15, 0.2) is 54.6 Å². The molecule has 0 aliphatic carbocycles. The van der Waals surface area contributed by atoms with E-state index in [1.165, 1.54) is 18.1 Å². The molecule has 1 aliphatic heterocycles. The first-order valence-electron chi connectivity index (χ1n) is 8.43. The Morgan fingerprint density at radius 3 is 2.58 bits per heavy atom. The third-order valence-corrected chi connectivity index (χ3v) is 4.21. The van der Waals surface area contributed by atoms with Crippen LogP contribution < -0.4 is 5.32 Å². The van der Waals surface area contributed by atoms with Crippen LogP contribution >= 0.6 is 0 Å². The summed E-state index contributed by atoms with van der Waals surface area (Å²) in [7, 11) is 0. The van der Waals surface area contributed by atoms with E-state index in [0.717, 1.165) is 38.3 Å². The number of amides is 1. The number of rotatable bonds is 5. The molecule has 4 heteroatoms. The lowest BCUT2D eigenvalue weighted by atomic mass is 10.1. The van der Waals surface area contributed by atoms with Crippen LogP contribution in [0.5, 0.6) is 0 Å². The van der Waals surface area contributed by atoms with Gasteiger partial charge in [0.15, 0.2) is 0 Å². The molecule has 1 N–H and O–H groups in total. The van der Waals surface area contributed by atoms with Gasteiger partial charge in [-0.25, -0.2) is 0 Å². The predicted octanol–water partition coefficient (Wildman–Crippen LogP) is 3.09. The van der Waals surface area contributed by atoms with Gasteiger partial charge in [-0.2, -0.15) is 0 Å². The van der Waals surface area contributed by atoms with E-state index >= 15 is 0 Å². The van der Waals surface area contributed by atoms with Crippen molar-refractivity contribution in [3.63, 3.8) is 0 Å². The van der Waals surface area contributed by atoms with Crippen molar-refractivity contribution in [3.05, 3.63) is 65.7 Å². The molecular formula is C20H24N2O2. The Balaban J connectivity index is 1.54. The van der Waals surface area contributed by atoms with Gasteiger partial charge in [0.25, 0.3) is 0 Å². The number of ether oxygens (including phenoxy) is 1. The molecule has 0 radical (unpaired) electrons. The van der Waals surface area contributed by atoms with Crippen molar-refractivity contribution >= 4 is 11.6 Å². The minimum absolute atomic E-state index is 0.0420. The first-order valence-corrected chi connectivity index (χ1v) is 8.43. The van der Waals surface area contributed by atoms with Crippen molar-refractivity contribution in [2.75, 3.05) is 25.0 Å². The van der Waals surface area contributed by atoms with E-state index in [1.807, 2.05) is 18.2 Å². The molecule has 0 bridgehead atoms. The quantitative estimate of drug-likeness (QED) is 0.919. The van der Waals surface area contributed by atoms with Gasteiger partial charge in [-0.05, 0) is 29.7 Å². The van der Waals surface area contributed by atoms with Gasteiger partial charge >= 0.3 is 0 Å². The minimum atomic E-state index is -0.0420. The molecule has 1 amide bonds. The third kappa shape index (κ3) is 4.91. The van der Waals surface area contributed by atoms with Gasteiger partial charge in [0, 0.05) is 32.2 Å². The summed E-state index contributed by atoms with van der Waals surface area (Å²) < 4.78 is 5.92. The first kappa shape index (κ1) is 16.7. The zero-order valence-electron chi connectivity index (χ0n) is 14.1. The number of carbonyl (C=O) groups is 1. The van der Waals surface area contributed by atoms with Gasteiger partial charge in [-0.15, -0.1) is 0 Å². The van der Waals surface area contributed by atoms with Crippen LogP contribution in [-0.2, 0) is 22.5 Å². The van der Waals surface area contributed by atoms with Crippen LogP contribution in [0.2, 0.25) is 0 Å². The predicted molar refractivity (Wildman–Crippen MR) is 95.9 cm³/mol. The largest absolute Gasteiger partial charge is 0.375 e. The fraction of sp³-hybridized carbons (Fsp3) is 0.350. The second-order valence-electron chi connectivity index (χ2n) is 6.30. The highest BCUT2D eigenvalue weighted by atomic mass is 16.5. The molecule has 1 heterocycles. The lowest BCUT2D eigenvalue weighted by Crippen LogP contribution is -2.42. The topological polar surface area (TPSA) is 41.6 Å². The number of carbonyl (C=O) groups excluding carboxylic acids is 1. The summed E-state index contributed by atoms with van der Waals surface area (Å²) in [6, 6.07) is 18.6. The van der Waals surface area contributed by atoms with Gasteiger partial charge in [0.05, 0.1) is 12.7 Å². The maximum Gasteiger partial charge on any atom is 0.221 e. The van der Waals surface area contributed by atoms with Crippen LogP contribution in [0, 0.1) is 0 Å². The fourth-order valence-electron chi connectivity index (χ4n) is 3.08. The van der Waals surface area contributed by atoms with Crippen molar-refractivity contribution in [2.45, 2.75) is 26.0 Å². The number of benzene rings is 2. The second-order valence-corrected chi connectivity index (χ2v) is 6.30. The Labute approximate surface area is 143 Å². The van der Waals surface area contributed by atoms with E-state index in [-0.39, 0.29) is 12.0 Å². The number of anilines is 1. The number of hydrogen-bond donors (Lipinski definition) is 1.